The summed E-state index contributed by atoms with van der Waals surface area (Å²) in [7, 11) is 3.99. The van der Waals surface area contributed by atoms with Gasteiger partial charge in [-0.2, -0.15) is 0 Å². The summed E-state index contributed by atoms with van der Waals surface area (Å²) >= 11 is 1.47. The number of rotatable bonds is 6. The molecular weight excluding hydrogens is 338 g/mol. The maximum absolute atomic E-state index is 5.91. The van der Waals surface area contributed by atoms with Gasteiger partial charge in [0.2, 0.25) is 0 Å². The van der Waals surface area contributed by atoms with Gasteiger partial charge in [-0.1, -0.05) is 5.16 Å². The average Bonchev–Trinajstić information content (AvgIpc) is 3.31. The molecule has 3 aromatic heterocycles. The molecule has 132 valence electrons. The fourth-order valence-corrected chi connectivity index (χ4v) is 3.85. The first-order valence-corrected chi connectivity index (χ1v) is 9.26. The molecule has 0 atom stereocenters. The van der Waals surface area contributed by atoms with Crippen LogP contribution in [-0.4, -0.2) is 31.9 Å². The highest BCUT2D eigenvalue weighted by Crippen LogP contribution is 2.28. The van der Waals surface area contributed by atoms with E-state index in [0.717, 1.165) is 53.4 Å². The molecule has 3 aromatic rings. The topological polar surface area (TPSA) is 73.1 Å². The number of aromatic nitrogens is 4. The van der Waals surface area contributed by atoms with Crippen LogP contribution >= 0.6 is 11.8 Å². The molecule has 0 radical (unpaired) electrons. The lowest BCUT2D eigenvalue weighted by Gasteiger charge is -2.15. The van der Waals surface area contributed by atoms with Gasteiger partial charge in [0, 0.05) is 25.6 Å². The van der Waals surface area contributed by atoms with Gasteiger partial charge < -0.3 is 13.5 Å². The maximum atomic E-state index is 5.91. The van der Waals surface area contributed by atoms with E-state index in [0.29, 0.717) is 0 Å². The predicted octanol–water partition coefficient (Wildman–Crippen LogP) is 3.06. The Morgan fingerprint density at radius 1 is 1.24 bits per heavy atom. The van der Waals surface area contributed by atoms with Gasteiger partial charge in [0.05, 0.1) is 6.54 Å². The van der Waals surface area contributed by atoms with E-state index in [2.05, 4.69) is 27.3 Å². The lowest BCUT2D eigenvalue weighted by Crippen LogP contribution is -2.18. The molecule has 0 aliphatic heterocycles. The van der Waals surface area contributed by atoms with Crippen LogP contribution in [0.5, 0.6) is 0 Å². The Kier molecular flexibility index (Phi) is 4.63. The van der Waals surface area contributed by atoms with Gasteiger partial charge >= 0.3 is 0 Å². The van der Waals surface area contributed by atoms with Gasteiger partial charge in [-0.15, -0.1) is 10.2 Å². The van der Waals surface area contributed by atoms with E-state index in [1.54, 1.807) is 6.33 Å². The van der Waals surface area contributed by atoms with E-state index in [9.17, 15) is 0 Å². The standard InChI is InChI=1S/C17H21N5O2S/c1-21(10-14-13-5-3-4-6-15(13)24-20-14)9-12-7-8-16(23-12)25-17-19-18-11-22(17)2/h7-8,11H,3-6,9-10H2,1-2H3. The second-order valence-electron chi connectivity index (χ2n) is 6.46. The van der Waals surface area contributed by atoms with Crippen LogP contribution in [0.15, 0.2) is 37.6 Å². The molecule has 0 bridgehead atoms. The molecule has 0 aromatic carbocycles. The number of fused-ring (bicyclic) bond motifs is 1. The van der Waals surface area contributed by atoms with Crippen LogP contribution in [0.1, 0.15) is 35.6 Å². The Bertz CT molecular complexity index is 853. The molecule has 0 unspecified atom stereocenters. The van der Waals surface area contributed by atoms with Crippen molar-refractivity contribution in [1.82, 2.24) is 24.8 Å². The SMILES string of the molecule is CN(Cc1ccc(Sc2nncn2C)o1)Cc1noc2c1CCCC2. The van der Waals surface area contributed by atoms with Crippen LogP contribution in [0.2, 0.25) is 0 Å². The van der Waals surface area contributed by atoms with Crippen LogP contribution < -0.4 is 0 Å². The quantitative estimate of drug-likeness (QED) is 0.669. The maximum Gasteiger partial charge on any atom is 0.198 e. The zero-order valence-electron chi connectivity index (χ0n) is 14.4. The van der Waals surface area contributed by atoms with Crippen molar-refractivity contribution in [2.24, 2.45) is 7.05 Å². The molecular formula is C17H21N5O2S. The van der Waals surface area contributed by atoms with Gasteiger partial charge in [0.15, 0.2) is 10.2 Å². The summed E-state index contributed by atoms with van der Waals surface area (Å²) in [6.45, 7) is 1.49. The molecule has 3 heterocycles. The van der Waals surface area contributed by atoms with Crippen LogP contribution in [0.3, 0.4) is 0 Å². The lowest BCUT2D eigenvalue weighted by molar-refractivity contribution is 0.267. The molecule has 25 heavy (non-hydrogen) atoms. The molecule has 0 saturated heterocycles. The molecule has 0 N–H and O–H groups in total. The van der Waals surface area contributed by atoms with Crippen molar-refractivity contribution in [1.29, 1.82) is 0 Å². The third-order valence-electron chi connectivity index (χ3n) is 4.38. The molecule has 1 aliphatic rings. The Labute approximate surface area is 150 Å². The Morgan fingerprint density at radius 3 is 2.96 bits per heavy atom. The molecule has 4 rings (SSSR count). The van der Waals surface area contributed by atoms with Gasteiger partial charge in [-0.25, -0.2) is 0 Å². The summed E-state index contributed by atoms with van der Waals surface area (Å²) in [6, 6.07) is 3.98. The fourth-order valence-electron chi connectivity index (χ4n) is 3.10. The summed E-state index contributed by atoms with van der Waals surface area (Å²) in [6.07, 6.45) is 6.22. The first kappa shape index (κ1) is 16.4. The van der Waals surface area contributed by atoms with Gasteiger partial charge in [0.25, 0.3) is 0 Å². The van der Waals surface area contributed by atoms with Crippen LogP contribution in [0.25, 0.3) is 0 Å². The van der Waals surface area contributed by atoms with Crippen molar-refractivity contribution in [3.05, 3.63) is 41.2 Å². The zero-order valence-corrected chi connectivity index (χ0v) is 15.3. The molecule has 0 saturated carbocycles. The first-order valence-electron chi connectivity index (χ1n) is 8.44. The van der Waals surface area contributed by atoms with Gasteiger partial charge in [-0.3, -0.25) is 4.90 Å². The van der Waals surface area contributed by atoms with Gasteiger partial charge in [0.1, 0.15) is 23.5 Å². The second-order valence-corrected chi connectivity index (χ2v) is 7.43. The van der Waals surface area contributed by atoms with Crippen molar-refractivity contribution in [2.45, 2.75) is 49.0 Å². The smallest absolute Gasteiger partial charge is 0.198 e. The highest BCUT2D eigenvalue weighted by molar-refractivity contribution is 7.99. The third-order valence-corrected chi connectivity index (χ3v) is 5.35. The molecule has 1 aliphatic carbocycles. The normalized spacial score (nSPS) is 14.2. The summed E-state index contributed by atoms with van der Waals surface area (Å²) in [5.74, 6) is 2.00. The molecule has 0 amide bonds. The molecule has 7 nitrogen and oxygen atoms in total. The Balaban J connectivity index is 1.37. The minimum Gasteiger partial charge on any atom is -0.453 e. The van der Waals surface area contributed by atoms with Crippen LogP contribution in [0.4, 0.5) is 0 Å². The summed E-state index contributed by atoms with van der Waals surface area (Å²) in [5, 5.41) is 13.8. The van der Waals surface area contributed by atoms with Crippen LogP contribution in [0, 0.1) is 0 Å². The van der Waals surface area contributed by atoms with Crippen LogP contribution in [-0.2, 0) is 33.0 Å². The number of hydrogen-bond acceptors (Lipinski definition) is 7. The number of hydrogen-bond donors (Lipinski definition) is 0. The van der Waals surface area contributed by atoms with Crippen molar-refractivity contribution in [3.8, 4) is 0 Å². The van der Waals surface area contributed by atoms with E-state index in [1.807, 2.05) is 23.7 Å². The van der Waals surface area contributed by atoms with E-state index < -0.39 is 0 Å². The highest BCUT2D eigenvalue weighted by Gasteiger charge is 2.20. The summed E-state index contributed by atoms with van der Waals surface area (Å²) in [4.78, 5) is 2.20. The first-order chi connectivity index (χ1) is 12.2. The lowest BCUT2D eigenvalue weighted by atomic mass is 9.96. The number of aryl methyl sites for hydroxylation is 2. The second kappa shape index (κ2) is 7.05. The van der Waals surface area contributed by atoms with E-state index in [4.69, 9.17) is 8.94 Å². The monoisotopic (exact) mass is 359 g/mol. The third kappa shape index (κ3) is 3.64. The van der Waals surface area contributed by atoms with Crippen molar-refractivity contribution >= 4 is 11.8 Å². The molecule has 0 spiro atoms. The molecule has 8 heteroatoms. The Morgan fingerprint density at radius 2 is 2.12 bits per heavy atom. The van der Waals surface area contributed by atoms with Crippen molar-refractivity contribution in [2.75, 3.05) is 7.05 Å². The zero-order chi connectivity index (χ0) is 17.2. The minimum atomic E-state index is 0.723. The van der Waals surface area contributed by atoms with E-state index in [-0.39, 0.29) is 0 Å². The molecule has 0 fully saturated rings. The number of nitrogens with zero attached hydrogens (tertiary/aromatic N) is 5. The van der Waals surface area contributed by atoms with E-state index in [1.165, 1.54) is 30.2 Å². The summed E-state index contributed by atoms with van der Waals surface area (Å²) in [5.41, 5.74) is 2.38. The Hall–Kier alpha value is -2.06. The largest absolute Gasteiger partial charge is 0.453 e. The average molecular weight is 359 g/mol. The van der Waals surface area contributed by atoms with Crippen molar-refractivity contribution in [3.63, 3.8) is 0 Å². The fraction of sp³-hybridized carbons (Fsp3) is 0.471. The number of furan rings is 1. The summed E-state index contributed by atoms with van der Waals surface area (Å²) < 4.78 is 13.3. The van der Waals surface area contributed by atoms with Gasteiger partial charge in [-0.05, 0) is 50.2 Å². The highest BCUT2D eigenvalue weighted by atomic mass is 32.2. The van der Waals surface area contributed by atoms with E-state index >= 15 is 0 Å². The predicted molar refractivity (Wildman–Crippen MR) is 92.2 cm³/mol. The van der Waals surface area contributed by atoms with Crippen molar-refractivity contribution < 1.29 is 8.94 Å². The minimum absolute atomic E-state index is 0.723.